The topological polar surface area (TPSA) is 68.4 Å². The number of rotatable bonds is 5. The maximum absolute atomic E-state index is 14.1. The number of para-hydroxylation sites is 1. The predicted molar refractivity (Wildman–Crippen MR) is 157 cm³/mol. The molecule has 0 saturated heterocycles. The zero-order valence-corrected chi connectivity index (χ0v) is 23.7. The molecular weight excluding hydrogens is 472 g/mol. The van der Waals surface area contributed by atoms with Crippen molar-refractivity contribution in [2.75, 3.05) is 32.6 Å². The second-order valence-electron chi connectivity index (χ2n) is 11.5. The summed E-state index contributed by atoms with van der Waals surface area (Å²) in [4.78, 5) is 34.7. The van der Waals surface area contributed by atoms with Crippen LogP contribution < -0.4 is 10.2 Å². The van der Waals surface area contributed by atoms with E-state index < -0.39 is 6.04 Å². The quantitative estimate of drug-likeness (QED) is 0.450. The molecule has 2 aromatic carbocycles. The number of nitrogens with zero attached hydrogens (tertiary/aromatic N) is 2. The lowest BCUT2D eigenvalue weighted by atomic mass is 9.86. The van der Waals surface area contributed by atoms with Gasteiger partial charge in [-0.15, -0.1) is 0 Å². The van der Waals surface area contributed by atoms with Crippen molar-refractivity contribution in [2.45, 2.75) is 70.8 Å². The zero-order valence-electron chi connectivity index (χ0n) is 23.7. The Hall–Kier alpha value is -3.12. The Bertz CT molecular complexity index is 1240. The summed E-state index contributed by atoms with van der Waals surface area (Å²) in [5.74, 6) is -0.125. The summed E-state index contributed by atoms with van der Waals surface area (Å²) >= 11 is 0. The first kappa shape index (κ1) is 27.9. The summed E-state index contributed by atoms with van der Waals surface area (Å²) in [6, 6.07) is 13.9. The maximum Gasteiger partial charge on any atom is 0.250 e. The van der Waals surface area contributed by atoms with E-state index in [0.717, 1.165) is 60.7 Å². The first-order chi connectivity index (χ1) is 18.3. The van der Waals surface area contributed by atoms with Crippen LogP contribution in [0.3, 0.4) is 0 Å². The summed E-state index contributed by atoms with van der Waals surface area (Å²) in [7, 11) is 6.00. The van der Waals surface area contributed by atoms with E-state index in [-0.39, 0.29) is 23.7 Å². The lowest BCUT2D eigenvalue weighted by molar-refractivity contribution is -0.131. The summed E-state index contributed by atoms with van der Waals surface area (Å²) in [5, 5.41) is 4.34. The van der Waals surface area contributed by atoms with Gasteiger partial charge in [-0.05, 0) is 77.0 Å². The van der Waals surface area contributed by atoms with Gasteiger partial charge in [0.2, 0.25) is 11.8 Å². The number of carbonyl (C=O) groups is 2. The van der Waals surface area contributed by atoms with Crippen LogP contribution in [0, 0.1) is 12.8 Å². The Labute approximate surface area is 227 Å². The molecule has 2 N–H and O–H groups in total. The van der Waals surface area contributed by atoms with Gasteiger partial charge in [-0.1, -0.05) is 62.1 Å². The smallest absolute Gasteiger partial charge is 0.250 e. The van der Waals surface area contributed by atoms with E-state index in [0.29, 0.717) is 6.54 Å². The number of amides is 2. The summed E-state index contributed by atoms with van der Waals surface area (Å²) in [6.45, 7) is 4.85. The maximum atomic E-state index is 14.1. The van der Waals surface area contributed by atoms with Gasteiger partial charge in [-0.25, -0.2) is 0 Å². The molecule has 2 aliphatic rings. The van der Waals surface area contributed by atoms with E-state index in [1.165, 1.54) is 17.5 Å². The Morgan fingerprint density at radius 1 is 1.03 bits per heavy atom. The van der Waals surface area contributed by atoms with Gasteiger partial charge in [0.05, 0.1) is 0 Å². The number of carbonyl (C=O) groups excluding carboxylic acids is 2. The number of aromatic nitrogens is 1. The van der Waals surface area contributed by atoms with Crippen molar-refractivity contribution in [1.29, 1.82) is 0 Å². The Kier molecular flexibility index (Phi) is 9.26. The molecule has 1 aliphatic carbocycles. The van der Waals surface area contributed by atoms with Crippen LogP contribution >= 0.6 is 0 Å². The number of fused-ring (bicyclic) bond motifs is 2. The SMILES string of the molecule is CN(C)C.Cc1ccc2c(c1)CCCN2C(=O)C(NC(=O)C1CCCCC1)C(C)c1c[nH]c2ccccc12. The number of hydrogen-bond donors (Lipinski definition) is 2. The molecule has 204 valence electrons. The highest BCUT2D eigenvalue weighted by Crippen LogP contribution is 2.33. The third-order valence-corrected chi connectivity index (χ3v) is 7.77. The number of aryl methyl sites for hydroxylation is 2. The number of nitrogens with one attached hydrogen (secondary N) is 2. The van der Waals surface area contributed by atoms with Crippen molar-refractivity contribution in [1.82, 2.24) is 15.2 Å². The predicted octanol–water partition coefficient (Wildman–Crippen LogP) is 5.80. The van der Waals surface area contributed by atoms with Gasteiger partial charge >= 0.3 is 0 Å². The largest absolute Gasteiger partial charge is 0.361 e. The lowest BCUT2D eigenvalue weighted by Crippen LogP contribution is -2.53. The van der Waals surface area contributed by atoms with E-state index in [1.54, 1.807) is 0 Å². The van der Waals surface area contributed by atoms with Gasteiger partial charge in [0, 0.05) is 41.2 Å². The van der Waals surface area contributed by atoms with Gasteiger partial charge in [0.1, 0.15) is 6.04 Å². The molecule has 1 aromatic heterocycles. The number of aromatic amines is 1. The molecule has 2 amide bonds. The number of benzene rings is 2. The summed E-state index contributed by atoms with van der Waals surface area (Å²) in [6.07, 6.45) is 9.13. The molecule has 0 bridgehead atoms. The van der Waals surface area contributed by atoms with Gasteiger partial charge < -0.3 is 20.1 Å². The molecule has 1 fully saturated rings. The molecule has 3 aromatic rings. The van der Waals surface area contributed by atoms with E-state index in [2.05, 4.69) is 48.4 Å². The van der Waals surface area contributed by atoms with Crippen molar-refractivity contribution in [2.24, 2.45) is 5.92 Å². The molecule has 0 radical (unpaired) electrons. The molecule has 6 nitrogen and oxygen atoms in total. The second-order valence-corrected chi connectivity index (χ2v) is 11.5. The van der Waals surface area contributed by atoms with Crippen molar-refractivity contribution in [3.63, 3.8) is 0 Å². The third kappa shape index (κ3) is 6.47. The minimum Gasteiger partial charge on any atom is -0.361 e. The van der Waals surface area contributed by atoms with Gasteiger partial charge in [0.25, 0.3) is 0 Å². The normalized spacial score (nSPS) is 17.4. The van der Waals surface area contributed by atoms with Crippen LogP contribution in [-0.4, -0.2) is 55.4 Å². The van der Waals surface area contributed by atoms with Crippen LogP contribution in [0.4, 0.5) is 5.69 Å². The minimum atomic E-state index is -0.610. The number of hydrogen-bond acceptors (Lipinski definition) is 3. The summed E-state index contributed by atoms with van der Waals surface area (Å²) in [5.41, 5.74) is 5.54. The Balaban J connectivity index is 0.000000786. The number of H-pyrrole nitrogens is 1. The molecule has 0 spiro atoms. The molecule has 1 saturated carbocycles. The molecule has 2 heterocycles. The van der Waals surface area contributed by atoms with E-state index in [9.17, 15) is 9.59 Å². The minimum absolute atomic E-state index is 0.00764. The van der Waals surface area contributed by atoms with E-state index in [1.807, 2.05) is 55.3 Å². The molecule has 5 rings (SSSR count). The highest BCUT2D eigenvalue weighted by molar-refractivity contribution is 6.01. The summed E-state index contributed by atoms with van der Waals surface area (Å²) < 4.78 is 0. The van der Waals surface area contributed by atoms with Crippen LogP contribution in [0.1, 0.15) is 68.1 Å². The lowest BCUT2D eigenvalue weighted by Gasteiger charge is -2.35. The second kappa shape index (κ2) is 12.6. The molecular formula is C32H44N4O2. The standard InChI is InChI=1S/C29H35N3O2.C3H9N/c1-19-14-15-26-22(17-19)11-8-16-32(26)29(34)27(31-28(33)21-9-4-3-5-10-21)20(2)24-18-30-25-13-7-6-12-23(24)25;1-4(2)3/h6-7,12-15,17-18,20-21,27,30H,3-5,8-11,16H2,1-2H3,(H,31,33);1-3H3. The fourth-order valence-electron chi connectivity index (χ4n) is 5.81. The fourth-order valence-corrected chi connectivity index (χ4v) is 5.81. The fraction of sp³-hybridized carbons (Fsp3) is 0.500. The van der Waals surface area contributed by atoms with Crippen LogP contribution in [0.25, 0.3) is 10.9 Å². The average molecular weight is 517 g/mol. The Morgan fingerprint density at radius 3 is 2.47 bits per heavy atom. The van der Waals surface area contributed by atoms with Crippen molar-refractivity contribution < 1.29 is 9.59 Å². The van der Waals surface area contributed by atoms with Crippen molar-refractivity contribution >= 4 is 28.4 Å². The van der Waals surface area contributed by atoms with Crippen LogP contribution in [0.15, 0.2) is 48.7 Å². The first-order valence-corrected chi connectivity index (χ1v) is 14.1. The first-order valence-electron chi connectivity index (χ1n) is 14.1. The van der Waals surface area contributed by atoms with Crippen molar-refractivity contribution in [3.8, 4) is 0 Å². The molecule has 1 aliphatic heterocycles. The van der Waals surface area contributed by atoms with Crippen LogP contribution in [0.5, 0.6) is 0 Å². The monoisotopic (exact) mass is 516 g/mol. The van der Waals surface area contributed by atoms with Gasteiger partial charge in [0.15, 0.2) is 0 Å². The molecule has 2 unspecified atom stereocenters. The Morgan fingerprint density at radius 2 is 1.74 bits per heavy atom. The van der Waals surface area contributed by atoms with E-state index in [4.69, 9.17) is 0 Å². The van der Waals surface area contributed by atoms with Crippen molar-refractivity contribution in [3.05, 3.63) is 65.4 Å². The van der Waals surface area contributed by atoms with Gasteiger partial charge in [-0.3, -0.25) is 9.59 Å². The molecule has 38 heavy (non-hydrogen) atoms. The highest BCUT2D eigenvalue weighted by atomic mass is 16.2. The van der Waals surface area contributed by atoms with E-state index >= 15 is 0 Å². The number of anilines is 1. The molecule has 6 heteroatoms. The van der Waals surface area contributed by atoms with Gasteiger partial charge in [-0.2, -0.15) is 0 Å². The zero-order chi connectivity index (χ0) is 27.2. The third-order valence-electron chi connectivity index (χ3n) is 7.77. The van der Waals surface area contributed by atoms with Crippen LogP contribution in [-0.2, 0) is 16.0 Å². The average Bonchev–Trinajstić information content (AvgIpc) is 3.35. The highest BCUT2D eigenvalue weighted by Gasteiger charge is 2.36. The molecule has 2 atom stereocenters. The van der Waals surface area contributed by atoms with Crippen LogP contribution in [0.2, 0.25) is 0 Å².